The number of ether oxygens (including phenoxy) is 5. The lowest BCUT2D eigenvalue weighted by Gasteiger charge is -2.53. The van der Waals surface area contributed by atoms with Gasteiger partial charge in [-0.1, -0.05) is 30.3 Å². The number of ketones is 1. The molecule has 8 nitrogen and oxygen atoms in total. The van der Waals surface area contributed by atoms with Crippen molar-refractivity contribution in [3.63, 3.8) is 0 Å². The quantitative estimate of drug-likeness (QED) is 0.616. The number of hydrogen-bond donors (Lipinski definition) is 0. The number of esters is 1. The number of nitriles is 1. The first-order valence-electron chi connectivity index (χ1n) is 10.8. The Bertz CT molecular complexity index is 884. The summed E-state index contributed by atoms with van der Waals surface area (Å²) in [6.07, 6.45) is -0.715. The summed E-state index contributed by atoms with van der Waals surface area (Å²) in [7, 11) is 2.94. The average molecular weight is 446 g/mol. The van der Waals surface area contributed by atoms with Gasteiger partial charge in [-0.05, 0) is 26.3 Å². The van der Waals surface area contributed by atoms with E-state index in [9.17, 15) is 14.9 Å². The fourth-order valence-electron chi connectivity index (χ4n) is 4.86. The van der Waals surface area contributed by atoms with Gasteiger partial charge in [0, 0.05) is 38.9 Å². The van der Waals surface area contributed by atoms with Crippen LogP contribution in [0.5, 0.6) is 0 Å². The summed E-state index contributed by atoms with van der Waals surface area (Å²) < 4.78 is 28.8. The predicted molar refractivity (Wildman–Crippen MR) is 113 cm³/mol. The number of rotatable bonds is 6. The molecule has 1 saturated carbocycles. The molecule has 2 fully saturated rings. The van der Waals surface area contributed by atoms with Crippen molar-refractivity contribution < 1.29 is 33.3 Å². The Morgan fingerprint density at radius 3 is 2.38 bits per heavy atom. The van der Waals surface area contributed by atoms with Gasteiger partial charge in [0.25, 0.3) is 0 Å². The molecular formula is C24H31NO7. The van der Waals surface area contributed by atoms with E-state index in [0.717, 1.165) is 5.56 Å². The van der Waals surface area contributed by atoms with Gasteiger partial charge in [-0.25, -0.2) is 0 Å². The third-order valence-electron chi connectivity index (χ3n) is 6.97. The summed E-state index contributed by atoms with van der Waals surface area (Å²) in [6.45, 7) is 5.18. The Labute approximate surface area is 188 Å². The van der Waals surface area contributed by atoms with Crippen LogP contribution in [0.2, 0.25) is 0 Å². The highest BCUT2D eigenvalue weighted by molar-refractivity contribution is 5.89. The van der Waals surface area contributed by atoms with Crippen molar-refractivity contribution in [3.8, 4) is 6.07 Å². The lowest BCUT2D eigenvalue weighted by molar-refractivity contribution is -0.437. The van der Waals surface area contributed by atoms with Gasteiger partial charge in [0.2, 0.25) is 11.6 Å². The van der Waals surface area contributed by atoms with Crippen LogP contribution in [0, 0.1) is 22.7 Å². The van der Waals surface area contributed by atoms with Crippen LogP contribution in [0.1, 0.15) is 45.1 Å². The van der Waals surface area contributed by atoms with Crippen LogP contribution in [0.25, 0.3) is 0 Å². The Kier molecular flexibility index (Phi) is 7.06. The second kappa shape index (κ2) is 9.28. The summed E-state index contributed by atoms with van der Waals surface area (Å²) >= 11 is 0. The minimum absolute atomic E-state index is 0.00672. The van der Waals surface area contributed by atoms with E-state index in [0.29, 0.717) is 0 Å². The van der Waals surface area contributed by atoms with Crippen molar-refractivity contribution in [2.24, 2.45) is 11.3 Å². The van der Waals surface area contributed by atoms with Crippen LogP contribution < -0.4 is 0 Å². The van der Waals surface area contributed by atoms with Gasteiger partial charge in [-0.15, -0.1) is 0 Å². The van der Waals surface area contributed by atoms with Gasteiger partial charge in [-0.2, -0.15) is 5.26 Å². The van der Waals surface area contributed by atoms with Crippen molar-refractivity contribution >= 4 is 11.8 Å². The maximum absolute atomic E-state index is 13.4. The highest BCUT2D eigenvalue weighted by atomic mass is 16.8. The molecule has 6 atom stereocenters. The first kappa shape index (κ1) is 24.3. The van der Waals surface area contributed by atoms with Crippen molar-refractivity contribution in [2.45, 2.75) is 57.2 Å². The van der Waals surface area contributed by atoms with Crippen LogP contribution >= 0.6 is 0 Å². The zero-order valence-electron chi connectivity index (χ0n) is 19.3. The van der Waals surface area contributed by atoms with Gasteiger partial charge in [-0.3, -0.25) is 9.59 Å². The molecule has 1 aliphatic heterocycles. The van der Waals surface area contributed by atoms with Crippen molar-refractivity contribution in [1.82, 2.24) is 0 Å². The van der Waals surface area contributed by atoms with Crippen molar-refractivity contribution in [3.05, 3.63) is 35.9 Å². The minimum Gasteiger partial charge on any atom is -0.465 e. The molecule has 0 unspecified atom stereocenters. The molecule has 1 aromatic carbocycles. The van der Waals surface area contributed by atoms with Crippen LogP contribution in [-0.4, -0.2) is 56.9 Å². The number of carbonyl (C=O) groups is 2. The molecule has 1 saturated heterocycles. The molecule has 174 valence electrons. The molecule has 0 spiro atoms. The van der Waals surface area contributed by atoms with E-state index < -0.39 is 40.9 Å². The van der Waals surface area contributed by atoms with Gasteiger partial charge >= 0.3 is 5.97 Å². The maximum Gasteiger partial charge on any atom is 0.327 e. The third-order valence-corrected chi connectivity index (χ3v) is 6.97. The second-order valence-electron chi connectivity index (χ2n) is 8.48. The number of methoxy groups -OCH3 is 2. The summed E-state index contributed by atoms with van der Waals surface area (Å²) in [5.74, 6) is -4.72. The SMILES string of the molecule is CCOC(=O)[C@]1(C#N)[C@@H](c2ccccc2)CC(=O)C[C@H]1[C@H]1CO[C@@](C)(OC)[C@](C)(OC)O1. The van der Waals surface area contributed by atoms with Crippen LogP contribution in [-0.2, 0) is 33.3 Å². The van der Waals surface area contributed by atoms with E-state index >= 15 is 0 Å². The Balaban J connectivity index is 2.11. The Morgan fingerprint density at radius 1 is 1.16 bits per heavy atom. The van der Waals surface area contributed by atoms with E-state index in [-0.39, 0.29) is 31.8 Å². The second-order valence-corrected chi connectivity index (χ2v) is 8.48. The van der Waals surface area contributed by atoms with Crippen molar-refractivity contribution in [1.29, 1.82) is 5.26 Å². The molecule has 1 aliphatic carbocycles. The maximum atomic E-state index is 13.4. The zero-order valence-corrected chi connectivity index (χ0v) is 19.3. The number of Topliss-reactive ketones (excluding diaryl/α,β-unsaturated/α-hetero) is 1. The number of hydrogen-bond acceptors (Lipinski definition) is 8. The monoisotopic (exact) mass is 445 g/mol. The number of benzene rings is 1. The molecule has 3 rings (SSSR count). The topological polar surface area (TPSA) is 104 Å². The van der Waals surface area contributed by atoms with Crippen molar-refractivity contribution in [2.75, 3.05) is 27.4 Å². The van der Waals surface area contributed by atoms with E-state index in [1.807, 2.05) is 30.3 Å². The zero-order chi connectivity index (χ0) is 23.6. The molecular weight excluding hydrogens is 414 g/mol. The van der Waals surface area contributed by atoms with Crippen LogP contribution in [0.4, 0.5) is 0 Å². The van der Waals surface area contributed by atoms with E-state index in [2.05, 4.69) is 6.07 Å². The highest BCUT2D eigenvalue weighted by Crippen LogP contribution is 2.54. The third kappa shape index (κ3) is 3.84. The summed E-state index contributed by atoms with van der Waals surface area (Å²) in [6, 6.07) is 11.4. The van der Waals surface area contributed by atoms with E-state index in [1.54, 1.807) is 20.8 Å². The number of carbonyl (C=O) groups excluding carboxylic acids is 2. The average Bonchev–Trinajstić information content (AvgIpc) is 2.81. The van der Waals surface area contributed by atoms with E-state index in [1.165, 1.54) is 14.2 Å². The van der Waals surface area contributed by atoms with Gasteiger partial charge in [0.05, 0.1) is 25.4 Å². The molecule has 8 heteroatoms. The van der Waals surface area contributed by atoms with Crippen LogP contribution in [0.3, 0.4) is 0 Å². The molecule has 1 heterocycles. The highest BCUT2D eigenvalue weighted by Gasteiger charge is 2.63. The predicted octanol–water partition coefficient (Wildman–Crippen LogP) is 2.96. The van der Waals surface area contributed by atoms with Gasteiger partial charge < -0.3 is 23.7 Å². The molecule has 0 radical (unpaired) electrons. The lowest BCUT2D eigenvalue weighted by Crippen LogP contribution is -2.65. The first-order chi connectivity index (χ1) is 15.2. The summed E-state index contributed by atoms with van der Waals surface area (Å²) in [5, 5.41) is 10.5. The smallest absolute Gasteiger partial charge is 0.327 e. The molecule has 0 bridgehead atoms. The number of nitrogens with zero attached hydrogens (tertiary/aromatic N) is 1. The molecule has 2 aliphatic rings. The summed E-state index contributed by atoms with van der Waals surface area (Å²) in [4.78, 5) is 26.3. The first-order valence-corrected chi connectivity index (χ1v) is 10.8. The summed E-state index contributed by atoms with van der Waals surface area (Å²) in [5.41, 5.74) is -0.900. The normalized spacial score (nSPS) is 37.5. The Hall–Kier alpha value is -2.31. The van der Waals surface area contributed by atoms with E-state index in [4.69, 9.17) is 23.7 Å². The Morgan fingerprint density at radius 2 is 1.81 bits per heavy atom. The molecule has 1 aromatic rings. The fraction of sp³-hybridized carbons (Fsp3) is 0.625. The largest absolute Gasteiger partial charge is 0.465 e. The standard InChI is InChI=1S/C24H31NO7/c1-6-30-21(27)24(15-25)18(16-10-8-7-9-11-16)12-17(26)13-19(24)20-14-31-22(2,28-4)23(3,29-5)32-20/h7-11,18-20H,6,12-14H2,1-5H3/t18-,19+,20-,22-,23-,24-/m1/s1. The molecule has 0 aromatic heterocycles. The minimum atomic E-state index is -1.63. The van der Waals surface area contributed by atoms with Gasteiger partial charge in [0.15, 0.2) is 5.41 Å². The van der Waals surface area contributed by atoms with Crippen LogP contribution in [0.15, 0.2) is 30.3 Å². The molecule has 0 amide bonds. The van der Waals surface area contributed by atoms with Gasteiger partial charge in [0.1, 0.15) is 5.78 Å². The fourth-order valence-corrected chi connectivity index (χ4v) is 4.86. The molecule has 0 N–H and O–H groups in total. The lowest BCUT2D eigenvalue weighted by atomic mass is 9.57. The molecule has 32 heavy (non-hydrogen) atoms.